The van der Waals surface area contributed by atoms with Crippen LogP contribution in [-0.2, 0) is 9.63 Å². The third-order valence-electron chi connectivity index (χ3n) is 5.48. The number of oxime groups is 1. The van der Waals surface area contributed by atoms with E-state index in [0.29, 0.717) is 17.7 Å². The summed E-state index contributed by atoms with van der Waals surface area (Å²) >= 11 is 0. The maximum atomic E-state index is 13.2. The number of non-ortho nitro benzene ring substituents is 1. The van der Waals surface area contributed by atoms with Gasteiger partial charge in [-0.1, -0.05) is 55.6 Å². The van der Waals surface area contributed by atoms with Crippen molar-refractivity contribution in [2.45, 2.75) is 51.9 Å². The van der Waals surface area contributed by atoms with Crippen LogP contribution in [0.1, 0.15) is 62.2 Å². The number of hydrogen-bond acceptors (Lipinski definition) is 6. The number of rotatable bonds is 8. The van der Waals surface area contributed by atoms with E-state index in [1.54, 1.807) is 36.4 Å². The highest BCUT2D eigenvalue weighted by Crippen LogP contribution is 2.28. The summed E-state index contributed by atoms with van der Waals surface area (Å²) in [6.45, 7) is 1.88. The number of Topliss-reactive ketones (excluding diaryl/α,β-unsaturated/α-hetero) is 1. The average molecular weight is 422 g/mol. The van der Waals surface area contributed by atoms with E-state index in [-0.39, 0.29) is 23.8 Å². The number of carbonyl (C=O) groups is 2. The number of hydrogen-bond donors (Lipinski definition) is 0. The molecule has 0 radical (unpaired) electrons. The van der Waals surface area contributed by atoms with Crippen LogP contribution in [0.15, 0.2) is 53.7 Å². The van der Waals surface area contributed by atoms with Gasteiger partial charge in [0, 0.05) is 30.0 Å². The van der Waals surface area contributed by atoms with Crippen molar-refractivity contribution in [2.75, 3.05) is 0 Å². The summed E-state index contributed by atoms with van der Waals surface area (Å²) in [4.78, 5) is 40.4. The standard InChI is InChI=1S/C24H26N2O5/c1-2-6-22(27)31-25-23(19-7-4-3-5-8-19)24(28)20-11-9-17(10-12-20)18-13-15-21(16-14-18)26(29)30/h9-16,19H,2-8H2,1H3/b25-23-. The van der Waals surface area contributed by atoms with Crippen LogP contribution in [0.4, 0.5) is 5.69 Å². The molecule has 1 saturated carbocycles. The molecule has 1 fully saturated rings. The summed E-state index contributed by atoms with van der Waals surface area (Å²) in [6, 6.07) is 13.3. The lowest BCUT2D eigenvalue weighted by molar-refractivity contribution is -0.384. The molecule has 0 bridgehead atoms. The van der Waals surface area contributed by atoms with Crippen molar-refractivity contribution in [1.29, 1.82) is 0 Å². The van der Waals surface area contributed by atoms with Crippen LogP contribution in [0.3, 0.4) is 0 Å². The van der Waals surface area contributed by atoms with Crippen LogP contribution in [0, 0.1) is 16.0 Å². The highest BCUT2D eigenvalue weighted by atomic mass is 16.7. The second-order valence-electron chi connectivity index (χ2n) is 7.74. The molecule has 0 unspecified atom stereocenters. The Hall–Kier alpha value is -3.35. The van der Waals surface area contributed by atoms with Gasteiger partial charge in [0.25, 0.3) is 5.69 Å². The number of nitrogens with zero attached hydrogens (tertiary/aromatic N) is 2. The molecule has 0 saturated heterocycles. The minimum absolute atomic E-state index is 0.00924. The summed E-state index contributed by atoms with van der Waals surface area (Å²) in [6.07, 6.45) is 5.83. The second kappa shape index (κ2) is 10.6. The van der Waals surface area contributed by atoms with Crippen molar-refractivity contribution in [3.05, 3.63) is 64.2 Å². The van der Waals surface area contributed by atoms with Crippen LogP contribution >= 0.6 is 0 Å². The van der Waals surface area contributed by atoms with Gasteiger partial charge in [0.1, 0.15) is 5.71 Å². The zero-order chi connectivity index (χ0) is 22.2. The normalized spacial score (nSPS) is 14.8. The Bertz CT molecular complexity index is 958. The van der Waals surface area contributed by atoms with Crippen LogP contribution in [0.25, 0.3) is 11.1 Å². The SMILES string of the molecule is CCCC(=O)O/N=C(\C(=O)c1ccc(-c2ccc([N+](=O)[O-])cc2)cc1)C1CCCCC1. The minimum Gasteiger partial charge on any atom is -0.318 e. The zero-order valence-corrected chi connectivity index (χ0v) is 17.6. The third kappa shape index (κ3) is 5.84. The maximum Gasteiger partial charge on any atom is 0.335 e. The Morgan fingerprint density at radius 1 is 1.00 bits per heavy atom. The summed E-state index contributed by atoms with van der Waals surface area (Å²) in [7, 11) is 0. The molecule has 0 aromatic heterocycles. The first-order valence-electron chi connectivity index (χ1n) is 10.7. The molecule has 162 valence electrons. The van der Waals surface area contributed by atoms with Gasteiger partial charge < -0.3 is 4.84 Å². The van der Waals surface area contributed by atoms with Gasteiger partial charge in [-0.3, -0.25) is 14.9 Å². The van der Waals surface area contributed by atoms with Gasteiger partial charge in [-0.25, -0.2) is 4.79 Å². The van der Waals surface area contributed by atoms with E-state index in [1.807, 2.05) is 6.92 Å². The van der Waals surface area contributed by atoms with Gasteiger partial charge >= 0.3 is 5.97 Å². The molecule has 0 spiro atoms. The molecule has 31 heavy (non-hydrogen) atoms. The zero-order valence-electron chi connectivity index (χ0n) is 17.6. The van der Waals surface area contributed by atoms with E-state index in [2.05, 4.69) is 5.16 Å². The van der Waals surface area contributed by atoms with E-state index in [4.69, 9.17) is 4.84 Å². The molecule has 0 atom stereocenters. The molecule has 2 aromatic rings. The molecule has 3 rings (SSSR count). The summed E-state index contributed by atoms with van der Waals surface area (Å²) in [5.41, 5.74) is 2.48. The van der Waals surface area contributed by atoms with Crippen LogP contribution in [0.2, 0.25) is 0 Å². The van der Waals surface area contributed by atoms with Gasteiger partial charge in [-0.2, -0.15) is 0 Å². The van der Waals surface area contributed by atoms with Gasteiger partial charge in [0.2, 0.25) is 5.78 Å². The molecular formula is C24H26N2O5. The molecular weight excluding hydrogens is 396 g/mol. The van der Waals surface area contributed by atoms with E-state index < -0.39 is 10.9 Å². The maximum absolute atomic E-state index is 13.2. The number of nitro groups is 1. The summed E-state index contributed by atoms with van der Waals surface area (Å²) < 4.78 is 0. The van der Waals surface area contributed by atoms with Gasteiger partial charge in [-0.15, -0.1) is 0 Å². The molecule has 0 N–H and O–H groups in total. The fourth-order valence-electron chi connectivity index (χ4n) is 3.76. The number of carbonyl (C=O) groups excluding carboxylic acids is 2. The highest BCUT2D eigenvalue weighted by molar-refractivity contribution is 6.46. The Kier molecular flexibility index (Phi) is 7.65. The largest absolute Gasteiger partial charge is 0.335 e. The molecule has 1 aliphatic carbocycles. The Labute approximate surface area is 181 Å². The number of ketones is 1. The number of nitro benzene ring substituents is 1. The lowest BCUT2D eigenvalue weighted by Crippen LogP contribution is -2.27. The Morgan fingerprint density at radius 2 is 1.58 bits per heavy atom. The topological polar surface area (TPSA) is 98.9 Å². The predicted molar refractivity (Wildman–Crippen MR) is 118 cm³/mol. The number of benzene rings is 2. The van der Waals surface area contributed by atoms with Crippen LogP contribution in [0.5, 0.6) is 0 Å². The van der Waals surface area contributed by atoms with Gasteiger partial charge in [-0.05, 0) is 42.5 Å². The van der Waals surface area contributed by atoms with Gasteiger partial charge in [0.15, 0.2) is 0 Å². The monoisotopic (exact) mass is 422 g/mol. The Balaban J connectivity index is 1.80. The van der Waals surface area contributed by atoms with Crippen LogP contribution in [-0.4, -0.2) is 22.4 Å². The quantitative estimate of drug-likeness (QED) is 0.178. The molecule has 0 heterocycles. The minimum atomic E-state index is -0.439. The van der Waals surface area contributed by atoms with Crippen molar-refractivity contribution in [3.8, 4) is 11.1 Å². The van der Waals surface area contributed by atoms with Crippen molar-refractivity contribution in [1.82, 2.24) is 0 Å². The van der Waals surface area contributed by atoms with Crippen LogP contribution < -0.4 is 0 Å². The predicted octanol–water partition coefficient (Wildman–Crippen LogP) is 5.72. The van der Waals surface area contributed by atoms with E-state index >= 15 is 0 Å². The summed E-state index contributed by atoms with van der Waals surface area (Å²) in [5, 5.41) is 14.8. The average Bonchev–Trinajstić information content (AvgIpc) is 2.80. The summed E-state index contributed by atoms with van der Waals surface area (Å²) in [5.74, 6) is -0.673. The molecule has 1 aliphatic rings. The fraction of sp³-hybridized carbons (Fsp3) is 0.375. The van der Waals surface area contributed by atoms with Crippen molar-refractivity contribution in [3.63, 3.8) is 0 Å². The van der Waals surface area contributed by atoms with E-state index in [1.165, 1.54) is 12.1 Å². The molecule has 2 aromatic carbocycles. The van der Waals surface area contributed by atoms with E-state index in [9.17, 15) is 19.7 Å². The third-order valence-corrected chi connectivity index (χ3v) is 5.48. The first-order chi connectivity index (χ1) is 15.0. The molecule has 0 aliphatic heterocycles. The first kappa shape index (κ1) is 22.3. The van der Waals surface area contributed by atoms with Crippen molar-refractivity contribution < 1.29 is 19.3 Å². The van der Waals surface area contributed by atoms with Crippen molar-refractivity contribution >= 4 is 23.2 Å². The van der Waals surface area contributed by atoms with Gasteiger partial charge in [0.05, 0.1) is 4.92 Å². The second-order valence-corrected chi connectivity index (χ2v) is 7.74. The first-order valence-corrected chi connectivity index (χ1v) is 10.7. The molecule has 0 amide bonds. The van der Waals surface area contributed by atoms with Crippen molar-refractivity contribution in [2.24, 2.45) is 11.1 Å². The highest BCUT2D eigenvalue weighted by Gasteiger charge is 2.27. The van der Waals surface area contributed by atoms with E-state index in [0.717, 1.165) is 43.2 Å². The molecule has 7 heteroatoms. The fourth-order valence-corrected chi connectivity index (χ4v) is 3.76. The molecule has 7 nitrogen and oxygen atoms in total. The smallest absolute Gasteiger partial charge is 0.318 e. The lowest BCUT2D eigenvalue weighted by atomic mass is 9.83. The lowest BCUT2D eigenvalue weighted by Gasteiger charge is -2.22. The Morgan fingerprint density at radius 3 is 2.13 bits per heavy atom.